The van der Waals surface area contributed by atoms with Gasteiger partial charge >= 0.3 is 0 Å². The van der Waals surface area contributed by atoms with Crippen molar-refractivity contribution in [1.29, 1.82) is 0 Å². The largest absolute Gasteiger partial charge is 0.399 e. The van der Waals surface area contributed by atoms with Crippen LogP contribution in [0, 0.1) is 0 Å². The smallest absolute Gasteiger partial charge is 0.239 e. The Labute approximate surface area is 98.8 Å². The number of carbonyl (C=O) groups excluding carboxylic acids is 1. The Morgan fingerprint density at radius 3 is 3.06 bits per heavy atom. The van der Waals surface area contributed by atoms with E-state index in [2.05, 4.69) is 15.5 Å². The molecular formula is C11H15N5O. The predicted octanol–water partition coefficient (Wildman–Crippen LogP) is 0.327. The lowest BCUT2D eigenvalue weighted by molar-refractivity contribution is -0.119. The summed E-state index contributed by atoms with van der Waals surface area (Å²) in [6.45, 7) is 0.255. The Hall–Kier alpha value is -2.24. The number of fused-ring (bicyclic) bond motifs is 1. The summed E-state index contributed by atoms with van der Waals surface area (Å²) in [5.41, 5.74) is 7.32. The van der Waals surface area contributed by atoms with Gasteiger partial charge in [-0.15, -0.1) is 0 Å². The molecule has 0 aliphatic heterocycles. The number of nitrogens with one attached hydrogen (secondary N) is 2. The van der Waals surface area contributed by atoms with Crippen molar-refractivity contribution in [3.8, 4) is 0 Å². The SMILES string of the molecule is CNC(=O)CN(C)c1n[nH]c2ccc(N)cc12. The maximum atomic E-state index is 11.3. The molecule has 4 N–H and O–H groups in total. The molecule has 2 aromatic rings. The van der Waals surface area contributed by atoms with Gasteiger partial charge in [-0.1, -0.05) is 0 Å². The first-order valence-electron chi connectivity index (χ1n) is 5.27. The van der Waals surface area contributed by atoms with Gasteiger partial charge in [-0.05, 0) is 18.2 Å². The van der Waals surface area contributed by atoms with Crippen molar-refractivity contribution in [2.45, 2.75) is 0 Å². The van der Waals surface area contributed by atoms with E-state index >= 15 is 0 Å². The maximum absolute atomic E-state index is 11.3. The van der Waals surface area contributed by atoms with Crippen molar-refractivity contribution in [2.75, 3.05) is 31.3 Å². The van der Waals surface area contributed by atoms with Gasteiger partial charge in [0.2, 0.25) is 5.91 Å². The number of aromatic amines is 1. The number of rotatable bonds is 3. The summed E-state index contributed by atoms with van der Waals surface area (Å²) in [6, 6.07) is 5.52. The third-order valence-corrected chi connectivity index (χ3v) is 2.59. The molecule has 0 fully saturated rings. The molecule has 0 radical (unpaired) electrons. The standard InChI is InChI=1S/C11H15N5O/c1-13-10(17)6-16(2)11-8-5-7(12)3-4-9(8)14-15-11/h3-5H,6,12H2,1-2H3,(H,13,17)(H,14,15). The number of benzene rings is 1. The molecule has 0 aliphatic rings. The second kappa shape index (κ2) is 4.32. The molecule has 0 saturated carbocycles. The van der Waals surface area contributed by atoms with Gasteiger partial charge in [0.25, 0.3) is 0 Å². The second-order valence-corrected chi connectivity index (χ2v) is 3.88. The quantitative estimate of drug-likeness (QED) is 0.667. The van der Waals surface area contributed by atoms with Crippen molar-refractivity contribution >= 4 is 28.3 Å². The fraction of sp³-hybridized carbons (Fsp3) is 0.273. The number of hydrogen-bond donors (Lipinski definition) is 3. The highest BCUT2D eigenvalue weighted by Crippen LogP contribution is 2.24. The van der Waals surface area contributed by atoms with E-state index in [4.69, 9.17) is 5.73 Å². The Morgan fingerprint density at radius 1 is 1.59 bits per heavy atom. The Bertz CT molecular complexity index is 548. The van der Waals surface area contributed by atoms with Crippen molar-refractivity contribution < 1.29 is 4.79 Å². The molecule has 0 saturated heterocycles. The molecule has 0 spiro atoms. The summed E-state index contributed by atoms with van der Waals surface area (Å²) in [6.07, 6.45) is 0. The van der Waals surface area contributed by atoms with Crippen LogP contribution in [0.5, 0.6) is 0 Å². The van der Waals surface area contributed by atoms with Gasteiger partial charge < -0.3 is 16.0 Å². The molecule has 2 rings (SSSR count). The van der Waals surface area contributed by atoms with E-state index in [1.54, 1.807) is 11.9 Å². The highest BCUT2D eigenvalue weighted by Gasteiger charge is 2.12. The second-order valence-electron chi connectivity index (χ2n) is 3.88. The van der Waals surface area contributed by atoms with Crippen molar-refractivity contribution in [3.05, 3.63) is 18.2 Å². The number of nitrogens with zero attached hydrogens (tertiary/aromatic N) is 2. The van der Waals surface area contributed by atoms with Crippen LogP contribution in [0.2, 0.25) is 0 Å². The molecule has 1 amide bonds. The lowest BCUT2D eigenvalue weighted by Crippen LogP contribution is -2.33. The molecule has 1 aromatic heterocycles. The summed E-state index contributed by atoms with van der Waals surface area (Å²) in [7, 11) is 3.42. The summed E-state index contributed by atoms with van der Waals surface area (Å²) in [5, 5.41) is 10.6. The topological polar surface area (TPSA) is 87.0 Å². The zero-order chi connectivity index (χ0) is 12.4. The van der Waals surface area contributed by atoms with E-state index in [1.807, 2.05) is 25.2 Å². The number of anilines is 2. The number of carbonyl (C=O) groups is 1. The Morgan fingerprint density at radius 2 is 2.35 bits per heavy atom. The molecule has 6 nitrogen and oxygen atoms in total. The number of hydrogen-bond acceptors (Lipinski definition) is 4. The fourth-order valence-electron chi connectivity index (χ4n) is 1.68. The number of H-pyrrole nitrogens is 1. The summed E-state index contributed by atoms with van der Waals surface area (Å²) in [4.78, 5) is 13.1. The number of amides is 1. The Balaban J connectivity index is 2.35. The average molecular weight is 233 g/mol. The van der Waals surface area contributed by atoms with Crippen molar-refractivity contribution in [2.24, 2.45) is 0 Å². The number of nitrogen functional groups attached to an aromatic ring is 1. The van der Waals surface area contributed by atoms with Crippen LogP contribution in [0.3, 0.4) is 0 Å². The summed E-state index contributed by atoms with van der Waals surface area (Å²) < 4.78 is 0. The molecule has 1 heterocycles. The van der Waals surface area contributed by atoms with Crippen LogP contribution in [0.15, 0.2) is 18.2 Å². The minimum absolute atomic E-state index is 0.0625. The monoisotopic (exact) mass is 233 g/mol. The van der Waals surface area contributed by atoms with E-state index < -0.39 is 0 Å². The zero-order valence-corrected chi connectivity index (χ0v) is 9.82. The number of likely N-dealkylation sites (N-methyl/N-ethyl adjacent to an activating group) is 2. The fourth-order valence-corrected chi connectivity index (χ4v) is 1.68. The molecule has 0 atom stereocenters. The first-order valence-corrected chi connectivity index (χ1v) is 5.27. The van der Waals surface area contributed by atoms with Gasteiger partial charge in [0.1, 0.15) is 0 Å². The highest BCUT2D eigenvalue weighted by atomic mass is 16.1. The van der Waals surface area contributed by atoms with E-state index in [-0.39, 0.29) is 12.5 Å². The van der Waals surface area contributed by atoms with Crippen LogP contribution in [-0.2, 0) is 4.79 Å². The van der Waals surface area contributed by atoms with Crippen molar-refractivity contribution in [3.63, 3.8) is 0 Å². The van der Waals surface area contributed by atoms with Gasteiger partial charge in [0, 0.05) is 25.2 Å². The number of nitrogens with two attached hydrogens (primary N) is 1. The van der Waals surface area contributed by atoms with Gasteiger partial charge in [-0.25, -0.2) is 0 Å². The average Bonchev–Trinajstić information content (AvgIpc) is 2.71. The molecule has 17 heavy (non-hydrogen) atoms. The molecule has 0 aliphatic carbocycles. The van der Waals surface area contributed by atoms with E-state index in [9.17, 15) is 4.79 Å². The van der Waals surface area contributed by atoms with Gasteiger partial charge in [-0.3, -0.25) is 9.89 Å². The van der Waals surface area contributed by atoms with Crippen LogP contribution < -0.4 is 16.0 Å². The maximum Gasteiger partial charge on any atom is 0.239 e. The Kier molecular flexibility index (Phi) is 2.86. The number of aromatic nitrogens is 2. The lowest BCUT2D eigenvalue weighted by atomic mass is 10.2. The van der Waals surface area contributed by atoms with Crippen LogP contribution in [0.4, 0.5) is 11.5 Å². The van der Waals surface area contributed by atoms with Gasteiger partial charge in [0.05, 0.1) is 12.1 Å². The van der Waals surface area contributed by atoms with Crippen LogP contribution in [-0.4, -0.2) is 36.7 Å². The molecule has 6 heteroatoms. The van der Waals surface area contributed by atoms with Crippen LogP contribution in [0.25, 0.3) is 10.9 Å². The molecule has 0 unspecified atom stereocenters. The van der Waals surface area contributed by atoms with E-state index in [1.165, 1.54) is 0 Å². The summed E-state index contributed by atoms with van der Waals surface area (Å²) >= 11 is 0. The summed E-state index contributed by atoms with van der Waals surface area (Å²) in [5.74, 6) is 0.656. The first-order chi connectivity index (χ1) is 8.11. The first kappa shape index (κ1) is 11.3. The predicted molar refractivity (Wildman–Crippen MR) is 67.8 cm³/mol. The van der Waals surface area contributed by atoms with Gasteiger partial charge in [0.15, 0.2) is 5.82 Å². The zero-order valence-electron chi connectivity index (χ0n) is 9.82. The van der Waals surface area contributed by atoms with Gasteiger partial charge in [-0.2, -0.15) is 5.10 Å². The third kappa shape index (κ3) is 2.15. The molecule has 90 valence electrons. The molecule has 0 bridgehead atoms. The molecule has 1 aromatic carbocycles. The van der Waals surface area contributed by atoms with E-state index in [0.29, 0.717) is 5.69 Å². The lowest BCUT2D eigenvalue weighted by Gasteiger charge is -2.15. The van der Waals surface area contributed by atoms with Crippen LogP contribution in [0.1, 0.15) is 0 Å². The van der Waals surface area contributed by atoms with Crippen LogP contribution >= 0.6 is 0 Å². The highest BCUT2D eigenvalue weighted by molar-refractivity contribution is 5.93. The van der Waals surface area contributed by atoms with E-state index in [0.717, 1.165) is 16.7 Å². The third-order valence-electron chi connectivity index (χ3n) is 2.59. The van der Waals surface area contributed by atoms with Crippen molar-refractivity contribution in [1.82, 2.24) is 15.5 Å². The molecular weight excluding hydrogens is 218 g/mol. The minimum Gasteiger partial charge on any atom is -0.399 e. The minimum atomic E-state index is -0.0625. The normalized spacial score (nSPS) is 10.5.